The number of nitrogens with one attached hydrogen (secondary N) is 1. The highest BCUT2D eigenvalue weighted by molar-refractivity contribution is 7.89. The molecule has 0 aliphatic heterocycles. The summed E-state index contributed by atoms with van der Waals surface area (Å²) in [6.07, 6.45) is 1.76. The highest BCUT2D eigenvalue weighted by Gasteiger charge is 2.26. The molecule has 0 bridgehead atoms. The molecule has 3 rings (SSSR count). The van der Waals surface area contributed by atoms with Gasteiger partial charge in [0, 0.05) is 12.1 Å². The molecule has 0 aliphatic rings. The van der Waals surface area contributed by atoms with Gasteiger partial charge in [-0.2, -0.15) is 9.41 Å². The topological polar surface area (TPSA) is 99.1 Å². The zero-order valence-electron chi connectivity index (χ0n) is 16.8. The normalized spacial score (nSPS) is 11.6. The zero-order chi connectivity index (χ0) is 22.1. The van der Waals surface area contributed by atoms with E-state index in [0.29, 0.717) is 12.0 Å². The average Bonchev–Trinajstić information content (AvgIpc) is 2.79. The van der Waals surface area contributed by atoms with Crippen molar-refractivity contribution in [3.63, 3.8) is 0 Å². The maximum Gasteiger partial charge on any atom is 0.255 e. The quantitative estimate of drug-likeness (QED) is 0.397. The van der Waals surface area contributed by atoms with Gasteiger partial charge in [0.15, 0.2) is 0 Å². The average molecular weight is 438 g/mol. The Bertz CT molecular complexity index is 1130. The van der Waals surface area contributed by atoms with Crippen molar-refractivity contribution in [2.45, 2.75) is 11.3 Å². The third-order valence-corrected chi connectivity index (χ3v) is 6.38. The molecule has 8 heteroatoms. The molecule has 160 valence electrons. The fourth-order valence-electron chi connectivity index (χ4n) is 2.89. The Morgan fingerprint density at radius 1 is 0.935 bits per heavy atom. The summed E-state index contributed by atoms with van der Waals surface area (Å²) in [7, 11) is -3.87. The van der Waals surface area contributed by atoms with E-state index in [1.54, 1.807) is 36.4 Å². The van der Waals surface area contributed by atoms with Crippen molar-refractivity contribution in [2.75, 3.05) is 13.1 Å². The maximum atomic E-state index is 13.1. The molecule has 0 atom stereocenters. The van der Waals surface area contributed by atoms with Gasteiger partial charge < -0.3 is 5.11 Å². The third-order valence-electron chi connectivity index (χ3n) is 4.52. The minimum atomic E-state index is -3.87. The van der Waals surface area contributed by atoms with Crippen molar-refractivity contribution >= 4 is 22.1 Å². The summed E-state index contributed by atoms with van der Waals surface area (Å²) in [5, 5.41) is 13.6. The first kappa shape index (κ1) is 22.2. The van der Waals surface area contributed by atoms with Crippen molar-refractivity contribution < 1.29 is 18.3 Å². The van der Waals surface area contributed by atoms with Crippen LogP contribution in [-0.4, -0.2) is 43.0 Å². The molecular weight excluding hydrogens is 414 g/mol. The number of aromatic hydroxyl groups is 1. The van der Waals surface area contributed by atoms with Gasteiger partial charge in [0.1, 0.15) is 5.75 Å². The van der Waals surface area contributed by atoms with Gasteiger partial charge >= 0.3 is 0 Å². The first-order valence-corrected chi connectivity index (χ1v) is 11.1. The number of phenols is 1. The number of amides is 1. The van der Waals surface area contributed by atoms with Crippen molar-refractivity contribution in [1.82, 2.24) is 9.73 Å². The lowest BCUT2D eigenvalue weighted by molar-refractivity contribution is -0.121. The van der Waals surface area contributed by atoms with Crippen LogP contribution in [0.2, 0.25) is 0 Å². The number of rotatable bonds is 9. The van der Waals surface area contributed by atoms with Crippen molar-refractivity contribution in [3.8, 4) is 5.75 Å². The number of benzene rings is 3. The molecule has 7 nitrogen and oxygen atoms in total. The summed E-state index contributed by atoms with van der Waals surface area (Å²) >= 11 is 0. The van der Waals surface area contributed by atoms with E-state index < -0.39 is 15.9 Å². The smallest absolute Gasteiger partial charge is 0.255 e. The van der Waals surface area contributed by atoms with Crippen molar-refractivity contribution in [3.05, 3.63) is 96.1 Å². The standard InChI is InChI=1S/C23H23N3O4S/c27-22-14-8-7-11-20(22)17-24-25-23(28)18-26(16-15-19-9-3-1-4-10-19)31(29,30)21-12-5-2-6-13-21/h1-14,17,27H,15-16,18H2,(H,25,28)/b24-17-. The van der Waals surface area contributed by atoms with Crippen LogP contribution in [0.25, 0.3) is 0 Å². The Kier molecular flexibility index (Phi) is 7.53. The van der Waals surface area contributed by atoms with E-state index >= 15 is 0 Å². The number of carbonyl (C=O) groups is 1. The van der Waals surface area contributed by atoms with Gasteiger partial charge in [-0.25, -0.2) is 13.8 Å². The molecule has 0 saturated carbocycles. The second-order valence-corrected chi connectivity index (χ2v) is 8.68. The van der Waals surface area contributed by atoms with E-state index in [9.17, 15) is 18.3 Å². The van der Waals surface area contributed by atoms with Gasteiger partial charge in [-0.3, -0.25) is 4.79 Å². The molecule has 1 amide bonds. The Balaban J connectivity index is 1.72. The molecule has 0 spiro atoms. The Morgan fingerprint density at radius 3 is 2.23 bits per heavy atom. The minimum Gasteiger partial charge on any atom is -0.507 e. The van der Waals surface area contributed by atoms with Gasteiger partial charge in [-0.1, -0.05) is 60.7 Å². The lowest BCUT2D eigenvalue weighted by Gasteiger charge is -2.21. The predicted molar refractivity (Wildman–Crippen MR) is 119 cm³/mol. The molecule has 31 heavy (non-hydrogen) atoms. The number of hydrogen-bond acceptors (Lipinski definition) is 5. The van der Waals surface area contributed by atoms with Crippen LogP contribution < -0.4 is 5.43 Å². The SMILES string of the molecule is O=C(CN(CCc1ccccc1)S(=O)(=O)c1ccccc1)N/N=C\c1ccccc1O. The summed E-state index contributed by atoms with van der Waals surface area (Å²) in [4.78, 5) is 12.5. The largest absolute Gasteiger partial charge is 0.507 e. The fourth-order valence-corrected chi connectivity index (χ4v) is 4.31. The van der Waals surface area contributed by atoms with Crippen LogP contribution in [0.3, 0.4) is 0 Å². The molecular formula is C23H23N3O4S. The Labute approximate surface area is 181 Å². The molecule has 0 fully saturated rings. The Morgan fingerprint density at radius 2 is 1.55 bits per heavy atom. The molecule has 0 aliphatic carbocycles. The van der Waals surface area contributed by atoms with Gasteiger partial charge in [-0.15, -0.1) is 0 Å². The minimum absolute atomic E-state index is 0.0247. The number of nitrogens with zero attached hydrogens (tertiary/aromatic N) is 2. The van der Waals surface area contributed by atoms with Crippen LogP contribution in [0.1, 0.15) is 11.1 Å². The lowest BCUT2D eigenvalue weighted by Crippen LogP contribution is -2.40. The number of hydrogen-bond donors (Lipinski definition) is 2. The first-order chi connectivity index (χ1) is 15.0. The van der Waals surface area contributed by atoms with E-state index in [1.807, 2.05) is 30.3 Å². The number of para-hydroxylation sites is 1. The van der Waals surface area contributed by atoms with E-state index in [-0.39, 0.29) is 23.7 Å². The molecule has 3 aromatic rings. The lowest BCUT2D eigenvalue weighted by atomic mass is 10.1. The summed E-state index contributed by atoms with van der Waals surface area (Å²) in [6, 6.07) is 24.0. The van der Waals surface area contributed by atoms with E-state index in [1.165, 1.54) is 24.4 Å². The van der Waals surface area contributed by atoms with Crippen LogP contribution in [0.15, 0.2) is 94.9 Å². The number of phenolic OH excluding ortho intramolecular Hbond substituents is 1. The summed E-state index contributed by atoms with van der Waals surface area (Å²) in [6.45, 7) is -0.250. The molecule has 0 saturated heterocycles. The van der Waals surface area contributed by atoms with E-state index in [4.69, 9.17) is 0 Å². The van der Waals surface area contributed by atoms with Crippen LogP contribution >= 0.6 is 0 Å². The molecule has 3 aromatic carbocycles. The Hall–Kier alpha value is -3.49. The van der Waals surface area contributed by atoms with Gasteiger partial charge in [0.05, 0.1) is 17.7 Å². The van der Waals surface area contributed by atoms with Crippen LogP contribution in [0.4, 0.5) is 0 Å². The third kappa shape index (κ3) is 6.24. The number of sulfonamides is 1. The summed E-state index contributed by atoms with van der Waals surface area (Å²) in [5.41, 5.74) is 3.72. The fraction of sp³-hybridized carbons (Fsp3) is 0.130. The van der Waals surface area contributed by atoms with Gasteiger partial charge in [0.2, 0.25) is 10.0 Å². The van der Waals surface area contributed by atoms with Crippen LogP contribution in [-0.2, 0) is 21.2 Å². The van der Waals surface area contributed by atoms with E-state index in [2.05, 4.69) is 10.5 Å². The summed E-state index contributed by atoms with van der Waals surface area (Å²) < 4.78 is 27.3. The van der Waals surface area contributed by atoms with Crippen LogP contribution in [0, 0.1) is 0 Å². The molecule has 0 unspecified atom stereocenters. The van der Waals surface area contributed by atoms with Gasteiger partial charge in [0.25, 0.3) is 5.91 Å². The second kappa shape index (κ2) is 10.5. The number of carbonyl (C=O) groups excluding carboxylic acids is 1. The summed E-state index contributed by atoms with van der Waals surface area (Å²) in [5.74, 6) is -0.559. The van der Waals surface area contributed by atoms with Crippen molar-refractivity contribution in [2.24, 2.45) is 5.10 Å². The number of hydrazone groups is 1. The molecule has 0 heterocycles. The van der Waals surface area contributed by atoms with Gasteiger partial charge in [-0.05, 0) is 36.2 Å². The van der Waals surface area contributed by atoms with E-state index in [0.717, 1.165) is 9.87 Å². The highest BCUT2D eigenvalue weighted by atomic mass is 32.2. The first-order valence-electron chi connectivity index (χ1n) is 9.66. The molecule has 0 aromatic heterocycles. The monoisotopic (exact) mass is 437 g/mol. The molecule has 2 N–H and O–H groups in total. The molecule has 0 radical (unpaired) electrons. The second-order valence-electron chi connectivity index (χ2n) is 6.74. The van der Waals surface area contributed by atoms with Crippen molar-refractivity contribution in [1.29, 1.82) is 0 Å². The predicted octanol–water partition coefficient (Wildman–Crippen LogP) is 2.78. The maximum absolute atomic E-state index is 13.1. The van der Waals surface area contributed by atoms with Crippen LogP contribution in [0.5, 0.6) is 5.75 Å². The zero-order valence-corrected chi connectivity index (χ0v) is 17.6. The highest BCUT2D eigenvalue weighted by Crippen LogP contribution is 2.16.